The normalized spacial score (nSPS) is 21.9. The van der Waals surface area contributed by atoms with Crippen LogP contribution in [0.1, 0.15) is 12.8 Å². The Bertz CT molecular complexity index is 547. The summed E-state index contributed by atoms with van der Waals surface area (Å²) >= 11 is 0. The molecule has 2 rings (SSSR count). The third kappa shape index (κ3) is 3.18. The van der Waals surface area contributed by atoms with Crippen molar-refractivity contribution in [2.24, 2.45) is 0 Å². The smallest absolute Gasteiger partial charge is 0.247 e. The summed E-state index contributed by atoms with van der Waals surface area (Å²) in [4.78, 5) is 15.5. The zero-order valence-electron chi connectivity index (χ0n) is 10.2. The van der Waals surface area contributed by atoms with Gasteiger partial charge in [0.15, 0.2) is 0 Å². The molecule has 0 spiro atoms. The summed E-state index contributed by atoms with van der Waals surface area (Å²) in [5.41, 5.74) is -0.314. The molecule has 2 N–H and O–H groups in total. The van der Waals surface area contributed by atoms with E-state index in [-0.39, 0.29) is 16.5 Å². The Morgan fingerprint density at radius 2 is 2.22 bits per heavy atom. The van der Waals surface area contributed by atoms with Crippen LogP contribution >= 0.6 is 0 Å². The highest BCUT2D eigenvalue weighted by Crippen LogP contribution is 2.12. The van der Waals surface area contributed by atoms with Crippen LogP contribution in [-0.4, -0.2) is 44.5 Å². The Morgan fingerprint density at radius 1 is 1.44 bits per heavy atom. The summed E-state index contributed by atoms with van der Waals surface area (Å²) in [6, 6.07) is 2.45. The number of hydrogen-bond acceptors (Lipinski definition) is 4. The van der Waals surface area contributed by atoms with Crippen molar-refractivity contribution in [1.82, 2.24) is 14.6 Å². The molecule has 0 radical (unpaired) electrons. The van der Waals surface area contributed by atoms with Crippen LogP contribution in [0.2, 0.25) is 0 Å². The molecule has 1 aromatic heterocycles. The number of pyridine rings is 1. The molecule has 0 aliphatic carbocycles. The van der Waals surface area contributed by atoms with Gasteiger partial charge in [0, 0.05) is 24.8 Å². The molecule has 1 unspecified atom stereocenters. The highest BCUT2D eigenvalue weighted by molar-refractivity contribution is 7.89. The SMILES string of the molecule is CN1CCCC(NS(=O)(=O)c2ccc(=O)[nH]c2)C1. The zero-order valence-corrected chi connectivity index (χ0v) is 11.0. The molecule has 100 valence electrons. The van der Waals surface area contributed by atoms with Crippen LogP contribution in [0, 0.1) is 0 Å². The van der Waals surface area contributed by atoms with E-state index in [0.29, 0.717) is 6.54 Å². The summed E-state index contributed by atoms with van der Waals surface area (Å²) in [5, 5.41) is 0. The van der Waals surface area contributed by atoms with Crippen LogP contribution in [0.5, 0.6) is 0 Å². The van der Waals surface area contributed by atoms with Crippen LogP contribution < -0.4 is 10.3 Å². The van der Waals surface area contributed by atoms with Gasteiger partial charge in [-0.2, -0.15) is 0 Å². The van der Waals surface area contributed by atoms with Crippen molar-refractivity contribution in [1.29, 1.82) is 0 Å². The van der Waals surface area contributed by atoms with Gasteiger partial charge in [0.25, 0.3) is 0 Å². The van der Waals surface area contributed by atoms with E-state index in [4.69, 9.17) is 0 Å². The van der Waals surface area contributed by atoms with Crippen molar-refractivity contribution < 1.29 is 8.42 Å². The van der Waals surface area contributed by atoms with Gasteiger partial charge in [-0.25, -0.2) is 13.1 Å². The van der Waals surface area contributed by atoms with Crippen molar-refractivity contribution in [2.75, 3.05) is 20.1 Å². The second kappa shape index (κ2) is 5.21. The fourth-order valence-electron chi connectivity index (χ4n) is 2.11. The first-order chi connectivity index (χ1) is 8.47. The minimum Gasteiger partial charge on any atom is -0.328 e. The van der Waals surface area contributed by atoms with Crippen LogP contribution in [0.25, 0.3) is 0 Å². The van der Waals surface area contributed by atoms with Crippen LogP contribution in [0.15, 0.2) is 28.0 Å². The van der Waals surface area contributed by atoms with Crippen molar-refractivity contribution >= 4 is 10.0 Å². The minimum absolute atomic E-state index is 0.0688. The summed E-state index contributed by atoms with van der Waals surface area (Å²) < 4.78 is 26.8. The number of sulfonamides is 1. The number of likely N-dealkylation sites (N-methyl/N-ethyl adjacent to an activating group) is 1. The molecule has 1 atom stereocenters. The minimum atomic E-state index is -3.55. The second-order valence-corrected chi connectivity index (χ2v) is 6.33. The first-order valence-corrected chi connectivity index (χ1v) is 7.35. The standard InChI is InChI=1S/C11H17N3O3S/c1-14-6-2-3-9(8-14)13-18(16,17)10-4-5-11(15)12-7-10/h4-5,7,9,13H,2-3,6,8H2,1H3,(H,12,15). The summed E-state index contributed by atoms with van der Waals surface area (Å²) in [7, 11) is -1.57. The summed E-state index contributed by atoms with van der Waals surface area (Å²) in [6.07, 6.45) is 3.04. The number of hydrogen-bond donors (Lipinski definition) is 2. The molecule has 0 aromatic carbocycles. The number of piperidine rings is 1. The van der Waals surface area contributed by atoms with Crippen molar-refractivity contribution in [2.45, 2.75) is 23.8 Å². The number of likely N-dealkylation sites (tertiary alicyclic amines) is 1. The van der Waals surface area contributed by atoms with E-state index in [9.17, 15) is 13.2 Å². The lowest BCUT2D eigenvalue weighted by Gasteiger charge is -2.29. The molecular formula is C11H17N3O3S. The van der Waals surface area contributed by atoms with Crippen molar-refractivity contribution in [3.05, 3.63) is 28.7 Å². The fourth-order valence-corrected chi connectivity index (χ4v) is 3.34. The van der Waals surface area contributed by atoms with E-state index in [0.717, 1.165) is 19.4 Å². The predicted molar refractivity (Wildman–Crippen MR) is 67.9 cm³/mol. The molecule has 18 heavy (non-hydrogen) atoms. The van der Waals surface area contributed by atoms with Gasteiger partial charge >= 0.3 is 0 Å². The Balaban J connectivity index is 2.11. The van der Waals surface area contributed by atoms with Gasteiger partial charge in [-0.15, -0.1) is 0 Å². The van der Waals surface area contributed by atoms with Gasteiger partial charge in [0.05, 0.1) is 4.90 Å². The maximum atomic E-state index is 12.1. The molecule has 1 aliphatic heterocycles. The fraction of sp³-hybridized carbons (Fsp3) is 0.545. The van der Waals surface area contributed by atoms with Crippen LogP contribution in [0.4, 0.5) is 0 Å². The Labute approximate surface area is 106 Å². The second-order valence-electron chi connectivity index (χ2n) is 4.61. The van der Waals surface area contributed by atoms with Crippen LogP contribution in [-0.2, 0) is 10.0 Å². The molecule has 0 saturated carbocycles. The molecule has 2 heterocycles. The predicted octanol–water partition coefficient (Wildman–Crippen LogP) is -0.253. The van der Waals surface area contributed by atoms with E-state index in [1.54, 1.807) is 0 Å². The lowest BCUT2D eigenvalue weighted by molar-refractivity contribution is 0.242. The van der Waals surface area contributed by atoms with Crippen LogP contribution in [0.3, 0.4) is 0 Å². The molecule has 1 aliphatic rings. The van der Waals surface area contributed by atoms with E-state index in [1.165, 1.54) is 18.3 Å². The molecule has 0 bridgehead atoms. The zero-order chi connectivity index (χ0) is 13.2. The lowest BCUT2D eigenvalue weighted by Crippen LogP contribution is -2.46. The van der Waals surface area contributed by atoms with Crippen molar-refractivity contribution in [3.8, 4) is 0 Å². The number of aromatic amines is 1. The Kier molecular flexibility index (Phi) is 3.84. The van der Waals surface area contributed by atoms with E-state index >= 15 is 0 Å². The number of nitrogens with zero attached hydrogens (tertiary/aromatic N) is 1. The number of rotatable bonds is 3. The van der Waals surface area contributed by atoms with Crippen molar-refractivity contribution in [3.63, 3.8) is 0 Å². The molecule has 6 nitrogen and oxygen atoms in total. The van der Waals surface area contributed by atoms with Gasteiger partial charge < -0.3 is 9.88 Å². The highest BCUT2D eigenvalue weighted by atomic mass is 32.2. The summed E-state index contributed by atoms with van der Waals surface area (Å²) in [5.74, 6) is 0. The van der Waals surface area contributed by atoms with Gasteiger partial charge in [0.2, 0.25) is 15.6 Å². The van der Waals surface area contributed by atoms with E-state index in [1.807, 2.05) is 7.05 Å². The average molecular weight is 271 g/mol. The molecule has 0 amide bonds. The Hall–Kier alpha value is -1.18. The number of H-pyrrole nitrogens is 1. The maximum Gasteiger partial charge on any atom is 0.247 e. The first-order valence-electron chi connectivity index (χ1n) is 5.87. The van der Waals surface area contributed by atoms with Gasteiger partial charge in [0.1, 0.15) is 0 Å². The van der Waals surface area contributed by atoms with Gasteiger partial charge in [-0.3, -0.25) is 4.79 Å². The summed E-state index contributed by atoms with van der Waals surface area (Å²) in [6.45, 7) is 1.71. The van der Waals surface area contributed by atoms with Gasteiger partial charge in [-0.05, 0) is 32.5 Å². The lowest BCUT2D eigenvalue weighted by atomic mass is 10.1. The topological polar surface area (TPSA) is 82.3 Å². The molecule has 7 heteroatoms. The monoisotopic (exact) mass is 271 g/mol. The first kappa shape index (κ1) is 13.3. The van der Waals surface area contributed by atoms with E-state index in [2.05, 4.69) is 14.6 Å². The maximum absolute atomic E-state index is 12.1. The quantitative estimate of drug-likeness (QED) is 0.794. The van der Waals surface area contributed by atoms with E-state index < -0.39 is 10.0 Å². The third-order valence-corrected chi connectivity index (χ3v) is 4.53. The van der Waals surface area contributed by atoms with Gasteiger partial charge in [-0.1, -0.05) is 0 Å². The average Bonchev–Trinajstić information content (AvgIpc) is 2.29. The number of nitrogens with one attached hydrogen (secondary N) is 2. The largest absolute Gasteiger partial charge is 0.328 e. The molecule has 1 saturated heterocycles. The molecule has 1 fully saturated rings. The molecule has 1 aromatic rings. The Morgan fingerprint density at radius 3 is 2.83 bits per heavy atom. The highest BCUT2D eigenvalue weighted by Gasteiger charge is 2.23. The number of aromatic nitrogens is 1. The molecular weight excluding hydrogens is 254 g/mol. The third-order valence-electron chi connectivity index (χ3n) is 3.01.